The Labute approximate surface area is 92.2 Å². The molecule has 0 unspecified atom stereocenters. The van der Waals surface area contributed by atoms with Gasteiger partial charge >= 0.3 is 5.97 Å². The highest BCUT2D eigenvalue weighted by Crippen LogP contribution is 2.20. The van der Waals surface area contributed by atoms with Crippen molar-refractivity contribution in [2.75, 3.05) is 6.67 Å². The van der Waals surface area contributed by atoms with Crippen LogP contribution in [0.3, 0.4) is 0 Å². The standard InChI is InChI=1S/C7H11FO2.C5H12/c8-5-7(9)10-6-3-1-2-4-6;1-4-5(2)3/h6H,1-5H2;5H,4H2,1-3H3. The lowest BCUT2D eigenvalue weighted by Crippen LogP contribution is -2.15. The van der Waals surface area contributed by atoms with Crippen molar-refractivity contribution < 1.29 is 13.9 Å². The summed E-state index contributed by atoms with van der Waals surface area (Å²) in [4.78, 5) is 10.4. The van der Waals surface area contributed by atoms with Crippen molar-refractivity contribution in [2.45, 2.75) is 59.0 Å². The number of hydrogen-bond acceptors (Lipinski definition) is 2. The van der Waals surface area contributed by atoms with Crippen molar-refractivity contribution in [3.05, 3.63) is 0 Å². The molecule has 0 aromatic rings. The fourth-order valence-corrected chi connectivity index (χ4v) is 1.22. The lowest BCUT2D eigenvalue weighted by Gasteiger charge is -2.08. The highest BCUT2D eigenvalue weighted by Gasteiger charge is 2.18. The molecule has 0 aromatic carbocycles. The Hall–Kier alpha value is -0.600. The minimum Gasteiger partial charge on any atom is -0.460 e. The van der Waals surface area contributed by atoms with Gasteiger partial charge in [0.1, 0.15) is 6.10 Å². The van der Waals surface area contributed by atoms with Gasteiger partial charge in [0.15, 0.2) is 6.67 Å². The van der Waals surface area contributed by atoms with Crippen molar-refractivity contribution in [3.8, 4) is 0 Å². The Morgan fingerprint density at radius 3 is 2.20 bits per heavy atom. The average Bonchev–Trinajstić information content (AvgIpc) is 2.71. The topological polar surface area (TPSA) is 26.3 Å². The molecule has 1 fully saturated rings. The van der Waals surface area contributed by atoms with Crippen LogP contribution in [0, 0.1) is 5.92 Å². The highest BCUT2D eigenvalue weighted by atomic mass is 19.1. The predicted molar refractivity (Wildman–Crippen MR) is 59.5 cm³/mol. The van der Waals surface area contributed by atoms with Gasteiger partial charge in [-0.3, -0.25) is 0 Å². The summed E-state index contributed by atoms with van der Waals surface area (Å²) < 4.78 is 16.3. The van der Waals surface area contributed by atoms with Crippen LogP contribution in [-0.2, 0) is 9.53 Å². The van der Waals surface area contributed by atoms with E-state index in [0.717, 1.165) is 31.6 Å². The molecule has 90 valence electrons. The smallest absolute Gasteiger partial charge is 0.337 e. The van der Waals surface area contributed by atoms with E-state index in [2.05, 4.69) is 20.8 Å². The Morgan fingerprint density at radius 1 is 1.40 bits per heavy atom. The van der Waals surface area contributed by atoms with Gasteiger partial charge < -0.3 is 4.74 Å². The van der Waals surface area contributed by atoms with E-state index in [0.29, 0.717) is 0 Å². The molecule has 0 atom stereocenters. The average molecular weight is 218 g/mol. The summed E-state index contributed by atoms with van der Waals surface area (Å²) in [5, 5.41) is 0. The van der Waals surface area contributed by atoms with Crippen molar-refractivity contribution >= 4 is 5.97 Å². The number of ether oxygens (including phenoxy) is 1. The maximum absolute atomic E-state index is 11.6. The molecule has 3 heteroatoms. The van der Waals surface area contributed by atoms with Crippen molar-refractivity contribution in [2.24, 2.45) is 5.92 Å². The largest absolute Gasteiger partial charge is 0.460 e. The van der Waals surface area contributed by atoms with E-state index in [9.17, 15) is 9.18 Å². The lowest BCUT2D eigenvalue weighted by molar-refractivity contribution is -0.149. The number of hydrogen-bond donors (Lipinski definition) is 0. The lowest BCUT2D eigenvalue weighted by atomic mass is 10.2. The van der Waals surface area contributed by atoms with Crippen LogP contribution in [0.1, 0.15) is 52.9 Å². The molecule has 1 rings (SSSR count). The maximum atomic E-state index is 11.6. The SMILES string of the molecule is CCC(C)C.O=C(CF)OC1CCCC1. The molecule has 0 radical (unpaired) electrons. The molecular weight excluding hydrogens is 195 g/mol. The summed E-state index contributed by atoms with van der Waals surface area (Å²) in [5.41, 5.74) is 0. The van der Waals surface area contributed by atoms with E-state index < -0.39 is 12.6 Å². The Morgan fingerprint density at radius 2 is 1.87 bits per heavy atom. The third-order valence-corrected chi connectivity index (χ3v) is 2.53. The number of alkyl halides is 1. The fourth-order valence-electron chi connectivity index (χ4n) is 1.22. The fraction of sp³-hybridized carbons (Fsp3) is 0.917. The van der Waals surface area contributed by atoms with Gasteiger partial charge in [-0.05, 0) is 31.6 Å². The van der Waals surface area contributed by atoms with Crippen molar-refractivity contribution in [3.63, 3.8) is 0 Å². The van der Waals surface area contributed by atoms with E-state index in [1.54, 1.807) is 0 Å². The minimum absolute atomic E-state index is 0.00301. The summed E-state index contributed by atoms with van der Waals surface area (Å²) in [5.74, 6) is 0.168. The molecule has 0 spiro atoms. The summed E-state index contributed by atoms with van der Waals surface area (Å²) in [6, 6.07) is 0. The van der Waals surface area contributed by atoms with Crippen LogP contribution < -0.4 is 0 Å². The number of carbonyl (C=O) groups is 1. The summed E-state index contributed by atoms with van der Waals surface area (Å²) >= 11 is 0. The van der Waals surface area contributed by atoms with Crippen LogP contribution in [0.15, 0.2) is 0 Å². The second-order valence-corrected chi connectivity index (χ2v) is 4.33. The molecule has 0 aliphatic heterocycles. The normalized spacial score (nSPS) is 16.1. The first-order chi connectivity index (χ1) is 7.10. The van der Waals surface area contributed by atoms with Gasteiger partial charge in [-0.25, -0.2) is 9.18 Å². The predicted octanol–water partition coefficient (Wildman–Crippen LogP) is 3.49. The van der Waals surface area contributed by atoms with Crippen molar-refractivity contribution in [1.29, 1.82) is 0 Å². The van der Waals surface area contributed by atoms with Gasteiger partial charge in [-0.2, -0.15) is 0 Å². The molecule has 0 N–H and O–H groups in total. The molecular formula is C12H23FO2. The maximum Gasteiger partial charge on any atom is 0.337 e. The van der Waals surface area contributed by atoms with E-state index in [1.165, 1.54) is 6.42 Å². The third-order valence-electron chi connectivity index (χ3n) is 2.53. The summed E-state index contributed by atoms with van der Waals surface area (Å²) in [6.07, 6.45) is 5.33. The molecule has 1 aliphatic rings. The zero-order chi connectivity index (χ0) is 11.7. The second kappa shape index (κ2) is 8.69. The molecule has 1 aliphatic carbocycles. The third kappa shape index (κ3) is 8.40. The van der Waals surface area contributed by atoms with Crippen LogP contribution in [0.4, 0.5) is 4.39 Å². The van der Waals surface area contributed by atoms with E-state index in [1.807, 2.05) is 0 Å². The molecule has 0 heterocycles. The molecule has 0 bridgehead atoms. The zero-order valence-electron chi connectivity index (χ0n) is 10.1. The van der Waals surface area contributed by atoms with Crippen LogP contribution in [0.2, 0.25) is 0 Å². The quantitative estimate of drug-likeness (QED) is 0.678. The monoisotopic (exact) mass is 218 g/mol. The summed E-state index contributed by atoms with van der Waals surface area (Å²) in [7, 11) is 0. The number of halogens is 1. The molecule has 0 saturated heterocycles. The van der Waals surface area contributed by atoms with Gasteiger partial charge in [-0.1, -0.05) is 27.2 Å². The van der Waals surface area contributed by atoms with E-state index in [-0.39, 0.29) is 6.10 Å². The first-order valence-electron chi connectivity index (χ1n) is 5.85. The Balaban J connectivity index is 0.000000336. The van der Waals surface area contributed by atoms with Gasteiger partial charge in [0.05, 0.1) is 0 Å². The molecule has 1 saturated carbocycles. The van der Waals surface area contributed by atoms with Crippen LogP contribution in [0.25, 0.3) is 0 Å². The molecule has 2 nitrogen and oxygen atoms in total. The van der Waals surface area contributed by atoms with Crippen LogP contribution in [0.5, 0.6) is 0 Å². The summed E-state index contributed by atoms with van der Waals surface area (Å²) in [6.45, 7) is 5.65. The van der Waals surface area contributed by atoms with Crippen LogP contribution in [-0.4, -0.2) is 18.7 Å². The second-order valence-electron chi connectivity index (χ2n) is 4.33. The Kier molecular flexibility index (Phi) is 8.34. The van der Waals surface area contributed by atoms with Gasteiger partial charge in [0, 0.05) is 0 Å². The van der Waals surface area contributed by atoms with Gasteiger partial charge in [0.2, 0.25) is 0 Å². The first-order valence-corrected chi connectivity index (χ1v) is 5.85. The molecule has 0 aromatic heterocycles. The molecule has 15 heavy (non-hydrogen) atoms. The van der Waals surface area contributed by atoms with Gasteiger partial charge in [-0.15, -0.1) is 0 Å². The minimum atomic E-state index is -0.990. The highest BCUT2D eigenvalue weighted by molar-refractivity contribution is 5.70. The van der Waals surface area contributed by atoms with E-state index >= 15 is 0 Å². The Bertz CT molecular complexity index is 163. The molecule has 0 amide bonds. The number of rotatable bonds is 3. The first kappa shape index (κ1) is 14.4. The zero-order valence-corrected chi connectivity index (χ0v) is 10.1. The van der Waals surface area contributed by atoms with Crippen LogP contribution >= 0.6 is 0 Å². The van der Waals surface area contributed by atoms with Gasteiger partial charge in [0.25, 0.3) is 0 Å². The van der Waals surface area contributed by atoms with E-state index in [4.69, 9.17) is 4.74 Å². The number of esters is 1. The number of carbonyl (C=O) groups excluding carboxylic acids is 1. The van der Waals surface area contributed by atoms with Crippen molar-refractivity contribution in [1.82, 2.24) is 0 Å².